The summed E-state index contributed by atoms with van der Waals surface area (Å²) in [5, 5.41) is 21.0. The van der Waals surface area contributed by atoms with Crippen molar-refractivity contribution in [2.75, 3.05) is 6.61 Å². The van der Waals surface area contributed by atoms with Crippen LogP contribution in [0, 0.1) is 33.3 Å². The van der Waals surface area contributed by atoms with Gasteiger partial charge in [-0.05, 0) is 66.5 Å². The van der Waals surface area contributed by atoms with Gasteiger partial charge in [-0.15, -0.1) is 10.1 Å². The van der Waals surface area contributed by atoms with E-state index in [9.17, 15) is 24.8 Å². The van der Waals surface area contributed by atoms with Crippen molar-refractivity contribution in [2.24, 2.45) is 23.2 Å². The third kappa shape index (κ3) is 7.16. The van der Waals surface area contributed by atoms with Gasteiger partial charge < -0.3 is 14.7 Å². The first-order valence-electron chi connectivity index (χ1n) is 15.2. The van der Waals surface area contributed by atoms with Gasteiger partial charge in [-0.2, -0.15) is 0 Å². The molecule has 40 heavy (non-hydrogen) atoms. The topological polar surface area (TPSA) is 116 Å². The Bertz CT molecular complexity index is 1060. The number of ketones is 1. The van der Waals surface area contributed by atoms with E-state index < -0.39 is 5.09 Å². The molecule has 0 spiro atoms. The Balaban J connectivity index is 1.87. The number of unbranched alkanes of at least 4 members (excludes halogenated alkanes) is 3. The Morgan fingerprint density at radius 2 is 1.80 bits per heavy atom. The van der Waals surface area contributed by atoms with E-state index in [1.807, 2.05) is 6.07 Å². The lowest BCUT2D eigenvalue weighted by molar-refractivity contribution is -0.757. The molecule has 0 heterocycles. The van der Waals surface area contributed by atoms with Crippen molar-refractivity contribution in [3.05, 3.63) is 33.4 Å². The third-order valence-electron chi connectivity index (χ3n) is 9.62. The van der Waals surface area contributed by atoms with E-state index in [0.717, 1.165) is 63.4 Å². The lowest BCUT2D eigenvalue weighted by Gasteiger charge is -2.59. The van der Waals surface area contributed by atoms with E-state index in [0.29, 0.717) is 24.2 Å². The SMILES string of the molecule is CCCC(CCC)C(=O)Oc1cc(C(C)(C)CCCCCCO[N+](=O)[O-])cc(O)c1[C@@H]1CC(=O)[C@@H]2C[C@@H]1C2(C)C. The fourth-order valence-electron chi connectivity index (χ4n) is 7.03. The number of phenolic OH excluding ortho intramolecular Hbond substituents is 1. The van der Waals surface area contributed by atoms with Gasteiger partial charge in [0.25, 0.3) is 5.09 Å². The quantitative estimate of drug-likeness (QED) is 0.0726. The van der Waals surface area contributed by atoms with Crippen molar-refractivity contribution < 1.29 is 29.4 Å². The summed E-state index contributed by atoms with van der Waals surface area (Å²) in [5.74, 6) is 0.431. The van der Waals surface area contributed by atoms with Crippen LogP contribution in [0.1, 0.15) is 129 Å². The van der Waals surface area contributed by atoms with Gasteiger partial charge >= 0.3 is 5.97 Å². The molecule has 0 saturated heterocycles. The maximum absolute atomic E-state index is 13.4. The molecule has 0 amide bonds. The van der Waals surface area contributed by atoms with Crippen LogP contribution in [-0.2, 0) is 19.8 Å². The van der Waals surface area contributed by atoms with E-state index in [2.05, 4.69) is 46.4 Å². The number of rotatable bonds is 16. The fraction of sp³-hybridized carbons (Fsp3) is 0.750. The molecule has 3 atom stereocenters. The molecule has 1 N–H and O–H groups in total. The number of hydrogen-bond donors (Lipinski definition) is 1. The van der Waals surface area contributed by atoms with Crippen LogP contribution in [0.25, 0.3) is 0 Å². The molecule has 0 unspecified atom stereocenters. The molecule has 3 aliphatic rings. The Hall–Kier alpha value is -2.64. The molecule has 0 aliphatic heterocycles. The minimum absolute atomic E-state index is 0.0738. The minimum atomic E-state index is -0.760. The first kappa shape index (κ1) is 31.9. The number of nitrogens with zero attached hydrogens (tertiary/aromatic N) is 1. The lowest BCUT2D eigenvalue weighted by atomic mass is 9.44. The van der Waals surface area contributed by atoms with E-state index in [-0.39, 0.29) is 58.6 Å². The van der Waals surface area contributed by atoms with Gasteiger partial charge in [-0.3, -0.25) is 9.59 Å². The van der Waals surface area contributed by atoms with Crippen LogP contribution in [0.15, 0.2) is 12.1 Å². The number of carbonyl (C=O) groups excluding carboxylic acids is 2. The van der Waals surface area contributed by atoms with Gasteiger partial charge in [-0.1, -0.05) is 73.6 Å². The van der Waals surface area contributed by atoms with E-state index in [1.54, 1.807) is 6.07 Å². The summed E-state index contributed by atoms with van der Waals surface area (Å²) in [6.07, 6.45) is 8.59. The zero-order valence-electron chi connectivity index (χ0n) is 25.3. The predicted octanol–water partition coefficient (Wildman–Crippen LogP) is 7.67. The highest BCUT2D eigenvalue weighted by molar-refractivity contribution is 5.86. The van der Waals surface area contributed by atoms with Crippen molar-refractivity contribution in [1.82, 2.24) is 0 Å². The monoisotopic (exact) mass is 559 g/mol. The molecule has 3 saturated carbocycles. The van der Waals surface area contributed by atoms with Gasteiger partial charge in [0.1, 0.15) is 17.3 Å². The second kappa shape index (κ2) is 13.3. The fourth-order valence-corrected chi connectivity index (χ4v) is 7.03. The normalized spacial score (nSPS) is 21.7. The molecule has 224 valence electrons. The Kier molecular flexibility index (Phi) is 10.6. The van der Waals surface area contributed by atoms with Gasteiger partial charge in [0.05, 0.1) is 12.5 Å². The smallest absolute Gasteiger partial charge is 0.314 e. The first-order chi connectivity index (χ1) is 18.8. The van der Waals surface area contributed by atoms with E-state index in [4.69, 9.17) is 4.74 Å². The van der Waals surface area contributed by atoms with Gasteiger partial charge in [-0.25, -0.2) is 0 Å². The van der Waals surface area contributed by atoms with Crippen LogP contribution in [-0.4, -0.2) is 28.6 Å². The Labute approximate surface area is 239 Å². The van der Waals surface area contributed by atoms with Crippen molar-refractivity contribution in [3.63, 3.8) is 0 Å². The second-order valence-electron chi connectivity index (χ2n) is 13.2. The molecule has 8 nitrogen and oxygen atoms in total. The van der Waals surface area contributed by atoms with Crippen molar-refractivity contribution >= 4 is 11.8 Å². The molecular formula is C32H49NO7. The number of phenols is 1. The van der Waals surface area contributed by atoms with Crippen LogP contribution in [0.3, 0.4) is 0 Å². The first-order valence-corrected chi connectivity index (χ1v) is 15.2. The minimum Gasteiger partial charge on any atom is -0.508 e. The number of hydrogen-bond acceptors (Lipinski definition) is 7. The standard InChI is InChI=1S/C32H49NO7/c1-7-13-21(14-8-2)30(36)40-28-18-22(31(3,4)15-11-9-10-12-16-39-33(37)38)17-27(35)29(28)23-19-26(34)25-20-24(23)32(25,5)6/h17-18,21,23-25,35H,7-16,19-20H2,1-6H3/t23-,24+,25+/m1/s1. The highest BCUT2D eigenvalue weighted by Crippen LogP contribution is 2.64. The summed E-state index contributed by atoms with van der Waals surface area (Å²) in [7, 11) is 0. The van der Waals surface area contributed by atoms with Gasteiger partial charge in [0.2, 0.25) is 0 Å². The maximum Gasteiger partial charge on any atom is 0.314 e. The number of ether oxygens (including phenoxy) is 1. The molecule has 3 aliphatic carbocycles. The summed E-state index contributed by atoms with van der Waals surface area (Å²) in [6, 6.07) is 3.73. The molecule has 0 radical (unpaired) electrons. The van der Waals surface area contributed by atoms with Crippen LogP contribution in [0.2, 0.25) is 0 Å². The zero-order chi connectivity index (χ0) is 29.7. The third-order valence-corrected chi connectivity index (χ3v) is 9.62. The summed E-state index contributed by atoms with van der Waals surface area (Å²) >= 11 is 0. The van der Waals surface area contributed by atoms with Crippen molar-refractivity contribution in [2.45, 2.75) is 124 Å². The molecule has 0 aromatic heterocycles. The lowest BCUT2D eigenvalue weighted by Crippen LogP contribution is -2.56. The predicted molar refractivity (Wildman–Crippen MR) is 154 cm³/mol. The largest absolute Gasteiger partial charge is 0.508 e. The zero-order valence-corrected chi connectivity index (χ0v) is 25.3. The molecule has 3 fully saturated rings. The number of carbonyl (C=O) groups is 2. The van der Waals surface area contributed by atoms with Crippen LogP contribution < -0.4 is 4.74 Å². The summed E-state index contributed by atoms with van der Waals surface area (Å²) in [4.78, 5) is 41.1. The average Bonchev–Trinajstić information content (AvgIpc) is 2.86. The maximum atomic E-state index is 13.4. The van der Waals surface area contributed by atoms with Crippen LogP contribution >= 0.6 is 0 Å². The molecule has 8 heteroatoms. The summed E-state index contributed by atoms with van der Waals surface area (Å²) < 4.78 is 6.16. The molecule has 4 rings (SSSR count). The van der Waals surface area contributed by atoms with Gasteiger partial charge in [0.15, 0.2) is 0 Å². The number of aromatic hydroxyl groups is 1. The van der Waals surface area contributed by atoms with E-state index in [1.165, 1.54) is 0 Å². The van der Waals surface area contributed by atoms with Crippen molar-refractivity contribution in [1.29, 1.82) is 0 Å². The molecule has 1 aromatic rings. The average molecular weight is 560 g/mol. The molecular weight excluding hydrogens is 510 g/mol. The number of Topliss-reactive ketones (excluding diaryl/α,β-unsaturated/α-hetero) is 1. The van der Waals surface area contributed by atoms with Crippen LogP contribution in [0.4, 0.5) is 0 Å². The van der Waals surface area contributed by atoms with E-state index >= 15 is 0 Å². The number of esters is 1. The van der Waals surface area contributed by atoms with Crippen LogP contribution in [0.5, 0.6) is 11.5 Å². The highest BCUT2D eigenvalue weighted by Gasteiger charge is 2.59. The summed E-state index contributed by atoms with van der Waals surface area (Å²) in [6.45, 7) is 12.7. The summed E-state index contributed by atoms with van der Waals surface area (Å²) in [5.41, 5.74) is 1.06. The molecule has 1 aromatic carbocycles. The van der Waals surface area contributed by atoms with Gasteiger partial charge in [0, 0.05) is 23.8 Å². The number of fused-ring (bicyclic) bond motifs is 2. The number of benzene rings is 1. The Morgan fingerprint density at radius 1 is 1.15 bits per heavy atom. The Morgan fingerprint density at radius 3 is 2.38 bits per heavy atom. The molecule has 2 bridgehead atoms. The second-order valence-corrected chi connectivity index (χ2v) is 13.2. The highest BCUT2D eigenvalue weighted by atomic mass is 16.9. The van der Waals surface area contributed by atoms with Crippen molar-refractivity contribution in [3.8, 4) is 11.5 Å².